The van der Waals surface area contributed by atoms with Crippen molar-refractivity contribution in [1.29, 1.82) is 0 Å². The van der Waals surface area contributed by atoms with Crippen LogP contribution in [0.4, 0.5) is 5.82 Å². The van der Waals surface area contributed by atoms with Crippen molar-refractivity contribution in [3.05, 3.63) is 18.1 Å². The second-order valence-corrected chi connectivity index (χ2v) is 4.61. The van der Waals surface area contributed by atoms with Crippen LogP contribution in [0.2, 0.25) is 0 Å². The van der Waals surface area contributed by atoms with Crippen molar-refractivity contribution < 1.29 is 4.79 Å². The van der Waals surface area contributed by atoms with E-state index < -0.39 is 0 Å². The third-order valence-electron chi connectivity index (χ3n) is 3.10. The Balaban J connectivity index is 2.29. The van der Waals surface area contributed by atoms with Crippen LogP contribution < -0.4 is 10.2 Å². The topological polar surface area (TPSA) is 61.4 Å². The summed E-state index contributed by atoms with van der Waals surface area (Å²) in [6, 6.07) is -0.204. The number of nitrogens with zero attached hydrogens (tertiary/aromatic N) is 4. The Morgan fingerprint density at radius 3 is 2.83 bits per heavy atom. The summed E-state index contributed by atoms with van der Waals surface area (Å²) in [5.74, 6) is 0.895. The van der Waals surface area contributed by atoms with Crippen LogP contribution in [0.15, 0.2) is 12.4 Å². The van der Waals surface area contributed by atoms with Crippen LogP contribution in [0.25, 0.3) is 0 Å². The molecule has 0 bridgehead atoms. The van der Waals surface area contributed by atoms with E-state index in [-0.39, 0.29) is 11.9 Å². The second-order valence-electron chi connectivity index (χ2n) is 4.61. The molecule has 1 aliphatic rings. The van der Waals surface area contributed by atoms with Gasteiger partial charge in [-0.05, 0) is 6.92 Å². The number of hydrogen-bond donors (Lipinski definition) is 1. The molecule has 0 aromatic carbocycles. The monoisotopic (exact) mass is 249 g/mol. The van der Waals surface area contributed by atoms with Gasteiger partial charge < -0.3 is 15.1 Å². The van der Waals surface area contributed by atoms with Gasteiger partial charge in [-0.15, -0.1) is 0 Å². The zero-order chi connectivity index (χ0) is 13.1. The zero-order valence-electron chi connectivity index (χ0n) is 11.1. The molecule has 1 aromatic heterocycles. The van der Waals surface area contributed by atoms with E-state index in [4.69, 9.17) is 0 Å². The number of aromatic nitrogens is 2. The van der Waals surface area contributed by atoms with E-state index in [1.807, 2.05) is 11.8 Å². The van der Waals surface area contributed by atoms with Crippen molar-refractivity contribution in [2.75, 3.05) is 38.6 Å². The lowest BCUT2D eigenvalue weighted by molar-refractivity contribution is -0.130. The van der Waals surface area contributed by atoms with Gasteiger partial charge in [0.1, 0.15) is 6.04 Å². The van der Waals surface area contributed by atoms with Crippen molar-refractivity contribution in [1.82, 2.24) is 20.2 Å². The Bertz CT molecular complexity index is 434. The minimum atomic E-state index is -0.204. The molecule has 1 N–H and O–H groups in total. The fourth-order valence-corrected chi connectivity index (χ4v) is 2.16. The summed E-state index contributed by atoms with van der Waals surface area (Å²) in [6.45, 7) is 4.19. The van der Waals surface area contributed by atoms with E-state index in [2.05, 4.69) is 15.3 Å². The molecule has 1 aromatic rings. The van der Waals surface area contributed by atoms with Crippen LogP contribution in [-0.2, 0) is 4.79 Å². The van der Waals surface area contributed by atoms with Crippen molar-refractivity contribution >= 4 is 11.7 Å². The minimum absolute atomic E-state index is 0.0900. The maximum Gasteiger partial charge on any atom is 0.246 e. The number of carbonyl (C=O) groups excluding carboxylic acids is 1. The number of likely N-dealkylation sites (N-methyl/N-ethyl adjacent to an activating group) is 1. The summed E-state index contributed by atoms with van der Waals surface area (Å²) in [6.07, 6.45) is 3.34. The molecule has 1 unspecified atom stereocenters. The third kappa shape index (κ3) is 2.43. The highest BCUT2D eigenvalue weighted by atomic mass is 16.2. The van der Waals surface area contributed by atoms with Crippen LogP contribution in [-0.4, -0.2) is 60.5 Å². The predicted molar refractivity (Wildman–Crippen MR) is 69.5 cm³/mol. The average Bonchev–Trinajstić information content (AvgIpc) is 2.38. The average molecular weight is 249 g/mol. The Labute approximate surface area is 107 Å². The van der Waals surface area contributed by atoms with E-state index in [1.54, 1.807) is 31.4 Å². The van der Waals surface area contributed by atoms with Crippen LogP contribution in [0.3, 0.4) is 0 Å². The highest BCUT2D eigenvalue weighted by Gasteiger charge is 2.31. The Hall–Kier alpha value is -1.69. The predicted octanol–water partition coefficient (Wildman–Crippen LogP) is -0.349. The fraction of sp³-hybridized carbons (Fsp3) is 0.583. The van der Waals surface area contributed by atoms with Crippen molar-refractivity contribution in [2.45, 2.75) is 13.0 Å². The van der Waals surface area contributed by atoms with Crippen molar-refractivity contribution in [2.24, 2.45) is 0 Å². The van der Waals surface area contributed by atoms with Crippen LogP contribution in [0.1, 0.15) is 5.69 Å². The SMILES string of the molecule is Cc1nccnc1N1CCNCC1C(=O)N(C)C. The van der Waals surface area contributed by atoms with Gasteiger partial charge in [-0.3, -0.25) is 9.78 Å². The zero-order valence-corrected chi connectivity index (χ0v) is 11.1. The number of amides is 1. The standard InChI is InChI=1S/C12H19N5O/c1-9-11(15-5-4-14-9)17-7-6-13-8-10(17)12(18)16(2)3/h4-5,10,13H,6-8H2,1-3H3. The molecular formula is C12H19N5O. The summed E-state index contributed by atoms with van der Waals surface area (Å²) >= 11 is 0. The van der Waals surface area contributed by atoms with Gasteiger partial charge in [0.05, 0.1) is 5.69 Å². The molecule has 0 radical (unpaired) electrons. The first-order valence-corrected chi connectivity index (χ1v) is 6.07. The molecule has 18 heavy (non-hydrogen) atoms. The lowest BCUT2D eigenvalue weighted by Gasteiger charge is -2.37. The first-order chi connectivity index (χ1) is 8.61. The van der Waals surface area contributed by atoms with Gasteiger partial charge in [0.25, 0.3) is 0 Å². The quantitative estimate of drug-likeness (QED) is 0.776. The molecule has 1 atom stereocenters. The first kappa shape index (κ1) is 12.8. The summed E-state index contributed by atoms with van der Waals surface area (Å²) in [5, 5.41) is 3.25. The van der Waals surface area contributed by atoms with Gasteiger partial charge in [0, 0.05) is 46.1 Å². The summed E-state index contributed by atoms with van der Waals surface area (Å²) < 4.78 is 0. The summed E-state index contributed by atoms with van der Waals surface area (Å²) in [5.41, 5.74) is 0.857. The highest BCUT2D eigenvalue weighted by molar-refractivity contribution is 5.85. The molecule has 2 rings (SSSR count). The molecule has 0 aliphatic carbocycles. The Morgan fingerprint density at radius 1 is 1.44 bits per heavy atom. The normalized spacial score (nSPS) is 19.7. The van der Waals surface area contributed by atoms with Gasteiger partial charge in [-0.2, -0.15) is 0 Å². The van der Waals surface area contributed by atoms with Gasteiger partial charge in [0.2, 0.25) is 5.91 Å². The molecule has 2 heterocycles. The van der Waals surface area contributed by atoms with E-state index >= 15 is 0 Å². The molecule has 1 aliphatic heterocycles. The highest BCUT2D eigenvalue weighted by Crippen LogP contribution is 2.18. The number of piperazine rings is 1. The third-order valence-corrected chi connectivity index (χ3v) is 3.10. The molecular weight excluding hydrogens is 230 g/mol. The number of anilines is 1. The molecule has 0 saturated carbocycles. The first-order valence-electron chi connectivity index (χ1n) is 6.07. The van der Waals surface area contributed by atoms with Gasteiger partial charge in [-0.25, -0.2) is 4.98 Å². The number of nitrogens with one attached hydrogen (secondary N) is 1. The number of carbonyl (C=O) groups is 1. The number of aryl methyl sites for hydroxylation is 1. The van der Waals surface area contributed by atoms with E-state index in [9.17, 15) is 4.79 Å². The van der Waals surface area contributed by atoms with E-state index in [0.717, 1.165) is 24.6 Å². The Morgan fingerprint density at radius 2 is 2.17 bits per heavy atom. The molecule has 0 spiro atoms. The minimum Gasteiger partial charge on any atom is -0.347 e. The van der Waals surface area contributed by atoms with Gasteiger partial charge >= 0.3 is 0 Å². The number of rotatable bonds is 2. The molecule has 1 saturated heterocycles. The maximum atomic E-state index is 12.2. The van der Waals surface area contributed by atoms with E-state index in [0.29, 0.717) is 6.54 Å². The van der Waals surface area contributed by atoms with Gasteiger partial charge in [-0.1, -0.05) is 0 Å². The lowest BCUT2D eigenvalue weighted by atomic mass is 10.1. The molecule has 6 heteroatoms. The van der Waals surface area contributed by atoms with E-state index in [1.165, 1.54) is 0 Å². The summed E-state index contributed by atoms with van der Waals surface area (Å²) in [7, 11) is 3.55. The van der Waals surface area contributed by atoms with Crippen molar-refractivity contribution in [3.8, 4) is 0 Å². The van der Waals surface area contributed by atoms with Crippen LogP contribution in [0, 0.1) is 6.92 Å². The summed E-state index contributed by atoms with van der Waals surface area (Å²) in [4.78, 5) is 24.5. The molecule has 1 amide bonds. The maximum absolute atomic E-state index is 12.2. The Kier molecular flexibility index (Phi) is 3.76. The van der Waals surface area contributed by atoms with Crippen LogP contribution >= 0.6 is 0 Å². The molecule has 1 fully saturated rings. The smallest absolute Gasteiger partial charge is 0.246 e. The van der Waals surface area contributed by atoms with Gasteiger partial charge in [0.15, 0.2) is 5.82 Å². The van der Waals surface area contributed by atoms with Crippen LogP contribution in [0.5, 0.6) is 0 Å². The molecule has 98 valence electrons. The second kappa shape index (κ2) is 5.30. The lowest BCUT2D eigenvalue weighted by Crippen LogP contribution is -2.58. The number of hydrogen-bond acceptors (Lipinski definition) is 5. The molecule has 6 nitrogen and oxygen atoms in total. The largest absolute Gasteiger partial charge is 0.347 e. The van der Waals surface area contributed by atoms with Crippen molar-refractivity contribution in [3.63, 3.8) is 0 Å². The fourth-order valence-electron chi connectivity index (χ4n) is 2.16.